The van der Waals surface area contributed by atoms with Crippen LogP contribution in [0.25, 0.3) is 0 Å². The van der Waals surface area contributed by atoms with E-state index in [1.165, 1.54) is 6.26 Å². The minimum atomic E-state index is -3.20. The van der Waals surface area contributed by atoms with Crippen LogP contribution in [0, 0.1) is 0 Å². The van der Waals surface area contributed by atoms with E-state index in [4.69, 9.17) is 4.74 Å². The summed E-state index contributed by atoms with van der Waals surface area (Å²) < 4.78 is 28.8. The Labute approximate surface area is 254 Å². The Morgan fingerprint density at radius 3 is 2.38 bits per heavy atom. The molecule has 42 heavy (non-hydrogen) atoms. The summed E-state index contributed by atoms with van der Waals surface area (Å²) in [4.78, 5) is 43.6. The number of amides is 2. The fraction of sp³-hybridized carbons (Fsp3) is 0.516. The molecule has 1 heterocycles. The van der Waals surface area contributed by atoms with Crippen molar-refractivity contribution >= 4 is 38.7 Å². The Morgan fingerprint density at radius 2 is 1.71 bits per heavy atom. The lowest BCUT2D eigenvalue weighted by Gasteiger charge is -2.29. The molecule has 1 saturated heterocycles. The van der Waals surface area contributed by atoms with E-state index in [0.29, 0.717) is 42.7 Å². The van der Waals surface area contributed by atoms with Crippen molar-refractivity contribution in [1.82, 2.24) is 14.7 Å². The molecule has 0 aromatic heterocycles. The molecule has 230 valence electrons. The van der Waals surface area contributed by atoms with Crippen molar-refractivity contribution in [2.24, 2.45) is 0 Å². The molecule has 0 N–H and O–H groups in total. The van der Waals surface area contributed by atoms with E-state index in [0.717, 1.165) is 56.1 Å². The summed E-state index contributed by atoms with van der Waals surface area (Å²) in [7, 11) is -3.20. The maximum Gasteiger partial charge on any atom is 0.410 e. The summed E-state index contributed by atoms with van der Waals surface area (Å²) in [5, 5.41) is -0.157. The number of unbranched alkanes of at least 4 members (excludes halogenated alkanes) is 1. The fourth-order valence-corrected chi connectivity index (χ4v) is 6.17. The summed E-state index contributed by atoms with van der Waals surface area (Å²) in [5.41, 5.74) is 1.67. The number of nitrogens with zero attached hydrogens (tertiary/aromatic N) is 3. The molecule has 0 aliphatic carbocycles. The Kier molecular flexibility index (Phi) is 13.3. The second-order valence-electron chi connectivity index (χ2n) is 10.7. The van der Waals surface area contributed by atoms with Gasteiger partial charge in [-0.15, -0.1) is 0 Å². The van der Waals surface area contributed by atoms with Crippen LogP contribution >= 0.6 is 11.8 Å². The first-order chi connectivity index (χ1) is 20.1. The topological polar surface area (TPSA) is 104 Å². The number of hydrogen-bond donors (Lipinski definition) is 0. The van der Waals surface area contributed by atoms with E-state index in [-0.39, 0.29) is 23.4 Å². The van der Waals surface area contributed by atoms with Crippen molar-refractivity contribution < 1.29 is 27.5 Å². The predicted octanol–water partition coefficient (Wildman–Crippen LogP) is 4.72. The monoisotopic (exact) mass is 617 g/mol. The van der Waals surface area contributed by atoms with Crippen molar-refractivity contribution in [3.8, 4) is 0 Å². The molecule has 2 aromatic rings. The summed E-state index contributed by atoms with van der Waals surface area (Å²) >= 11 is 0.939. The zero-order valence-electron chi connectivity index (χ0n) is 24.9. The molecule has 9 nitrogen and oxygen atoms in total. The van der Waals surface area contributed by atoms with Crippen LogP contribution in [0.2, 0.25) is 0 Å². The van der Waals surface area contributed by atoms with Crippen LogP contribution in [0.15, 0.2) is 59.5 Å². The van der Waals surface area contributed by atoms with Gasteiger partial charge < -0.3 is 19.4 Å². The van der Waals surface area contributed by atoms with Gasteiger partial charge in [-0.3, -0.25) is 9.59 Å². The van der Waals surface area contributed by atoms with Gasteiger partial charge in [0.05, 0.1) is 4.90 Å². The number of carbonyl (C=O) groups excluding carboxylic acids is 3. The molecule has 0 saturated carbocycles. The van der Waals surface area contributed by atoms with Crippen molar-refractivity contribution in [2.45, 2.75) is 56.9 Å². The highest BCUT2D eigenvalue weighted by atomic mass is 32.2. The third kappa shape index (κ3) is 10.7. The van der Waals surface area contributed by atoms with Gasteiger partial charge >= 0.3 is 6.09 Å². The number of benzene rings is 2. The summed E-state index contributed by atoms with van der Waals surface area (Å²) in [6, 6.07) is 16.3. The van der Waals surface area contributed by atoms with Gasteiger partial charge in [0.2, 0.25) is 11.0 Å². The normalized spacial score (nSPS) is 15.0. The van der Waals surface area contributed by atoms with E-state index in [2.05, 4.69) is 18.7 Å². The molecule has 1 unspecified atom stereocenters. The van der Waals surface area contributed by atoms with Gasteiger partial charge in [0, 0.05) is 50.5 Å². The van der Waals surface area contributed by atoms with Gasteiger partial charge in [-0.1, -0.05) is 49.4 Å². The third-order valence-corrected chi connectivity index (χ3v) is 9.23. The first kappa shape index (κ1) is 33.6. The number of rotatable bonds is 14. The molecule has 1 fully saturated rings. The number of hydrogen-bond acceptors (Lipinski definition) is 8. The highest BCUT2D eigenvalue weighted by molar-refractivity contribution is 8.14. The number of sulfone groups is 1. The Balaban J connectivity index is 1.39. The van der Waals surface area contributed by atoms with Gasteiger partial charge in [0.15, 0.2) is 9.84 Å². The molecule has 11 heteroatoms. The van der Waals surface area contributed by atoms with Crippen molar-refractivity contribution in [3.05, 3.63) is 65.7 Å². The number of ether oxygens (including phenoxy) is 1. The Bertz CT molecular complexity index is 1270. The second-order valence-corrected chi connectivity index (χ2v) is 13.6. The zero-order valence-corrected chi connectivity index (χ0v) is 26.5. The Morgan fingerprint density at radius 1 is 1.00 bits per heavy atom. The highest BCUT2D eigenvalue weighted by Crippen LogP contribution is 2.16. The summed E-state index contributed by atoms with van der Waals surface area (Å²) in [6.07, 6.45) is 4.64. The molecule has 2 amide bonds. The SMILES string of the molecule is CCCN(CCCCN1CCN(C(=O)OCSC(=O)c2ccccc2)CCC1=O)C(C)Cc1ccc(S(C)(=O)=O)cc1. The average Bonchev–Trinajstić information content (AvgIpc) is 3.16. The van der Waals surface area contributed by atoms with Crippen LogP contribution in [0.1, 0.15) is 55.5 Å². The third-order valence-electron chi connectivity index (χ3n) is 7.37. The van der Waals surface area contributed by atoms with Crippen LogP contribution in [0.5, 0.6) is 0 Å². The van der Waals surface area contributed by atoms with E-state index in [1.54, 1.807) is 41.3 Å². The highest BCUT2D eigenvalue weighted by Gasteiger charge is 2.25. The minimum absolute atomic E-state index is 0.0373. The molecule has 2 aromatic carbocycles. The quantitative estimate of drug-likeness (QED) is 0.222. The Hall–Kier alpha value is -2.89. The van der Waals surface area contributed by atoms with Crippen molar-refractivity contribution in [1.29, 1.82) is 0 Å². The summed E-state index contributed by atoms with van der Waals surface area (Å²) in [6.45, 7) is 8.05. The standard InChI is InChI=1S/C31H43N3O6S2/c1-4-17-32(25(2)23-26-12-14-28(15-13-26)42(3,38)39)18-8-9-19-33-21-22-34(20-16-29(33)35)31(37)40-24-41-30(36)27-10-6-5-7-11-27/h5-7,10-15,25H,4,8-9,16-24H2,1-3H3. The first-order valence-corrected chi connectivity index (χ1v) is 17.4. The van der Waals surface area contributed by atoms with Crippen LogP contribution in [0.4, 0.5) is 4.79 Å². The average molecular weight is 618 g/mol. The second kappa shape index (κ2) is 16.7. The molecule has 3 rings (SSSR count). The predicted molar refractivity (Wildman–Crippen MR) is 166 cm³/mol. The molecule has 0 spiro atoms. The smallest absolute Gasteiger partial charge is 0.410 e. The van der Waals surface area contributed by atoms with E-state index in [9.17, 15) is 22.8 Å². The van der Waals surface area contributed by atoms with Gasteiger partial charge in [-0.05, 0) is 75.2 Å². The van der Waals surface area contributed by atoms with E-state index in [1.807, 2.05) is 23.1 Å². The molecule has 1 atom stereocenters. The van der Waals surface area contributed by atoms with Gasteiger partial charge in [-0.2, -0.15) is 0 Å². The molecule has 1 aliphatic heterocycles. The lowest BCUT2D eigenvalue weighted by atomic mass is 10.1. The van der Waals surface area contributed by atoms with Crippen LogP contribution in [-0.2, 0) is 25.8 Å². The minimum Gasteiger partial charge on any atom is -0.438 e. The maximum atomic E-state index is 12.7. The maximum absolute atomic E-state index is 12.7. The summed E-state index contributed by atoms with van der Waals surface area (Å²) in [5.74, 6) is -0.0328. The van der Waals surface area contributed by atoms with Gasteiger partial charge in [-0.25, -0.2) is 13.2 Å². The molecular weight excluding hydrogens is 574 g/mol. The number of carbonyl (C=O) groups is 3. The van der Waals surface area contributed by atoms with Crippen LogP contribution in [0.3, 0.4) is 0 Å². The van der Waals surface area contributed by atoms with Crippen LogP contribution < -0.4 is 0 Å². The zero-order chi connectivity index (χ0) is 30.5. The van der Waals surface area contributed by atoms with E-state index < -0.39 is 15.9 Å². The van der Waals surface area contributed by atoms with Crippen molar-refractivity contribution in [2.75, 3.05) is 51.5 Å². The molecule has 0 bridgehead atoms. The molecule has 1 aliphatic rings. The first-order valence-electron chi connectivity index (χ1n) is 14.5. The van der Waals surface area contributed by atoms with Gasteiger partial charge in [0.1, 0.15) is 5.94 Å². The molecule has 0 radical (unpaired) electrons. The fourth-order valence-electron chi connectivity index (χ4n) is 4.97. The molecular formula is C31H43N3O6S2. The van der Waals surface area contributed by atoms with E-state index >= 15 is 0 Å². The van der Waals surface area contributed by atoms with Gasteiger partial charge in [0.25, 0.3) is 0 Å². The number of thioether (sulfide) groups is 1. The van der Waals surface area contributed by atoms with Crippen LogP contribution in [-0.4, -0.2) is 97.7 Å². The van der Waals surface area contributed by atoms with Crippen molar-refractivity contribution in [3.63, 3.8) is 0 Å². The lowest BCUT2D eigenvalue weighted by Crippen LogP contribution is -2.38. The largest absolute Gasteiger partial charge is 0.438 e. The lowest BCUT2D eigenvalue weighted by molar-refractivity contribution is -0.130.